The Morgan fingerprint density at radius 2 is 1.89 bits per heavy atom. The van der Waals surface area contributed by atoms with Gasteiger partial charge in [-0.15, -0.1) is 0 Å². The standard InChI is InChI=1S/C28H29N7O3/c1-28(2,3)38-27(37)33-13-10-20(17-33)35-25-21-14-18(6-8-22(21)29-16-23(25)32(4)26(35)36)19-7-9-24(30-15-19)34-12-5-11-31-34/h5-9,11-12,14-16,20H,10,13,17H2,1-4H3/t20-/m0/s1. The van der Waals surface area contributed by atoms with E-state index in [1.54, 1.807) is 33.6 Å². The Bertz CT molecular complexity index is 1710. The van der Waals surface area contributed by atoms with Crippen LogP contribution in [-0.2, 0) is 11.8 Å². The molecule has 0 radical (unpaired) electrons. The highest BCUT2D eigenvalue weighted by Gasteiger charge is 2.33. The Hall–Kier alpha value is -4.47. The normalized spacial score (nSPS) is 16.0. The van der Waals surface area contributed by atoms with E-state index in [2.05, 4.69) is 21.1 Å². The zero-order chi connectivity index (χ0) is 26.6. The number of carbonyl (C=O) groups is 1. The summed E-state index contributed by atoms with van der Waals surface area (Å²) in [6.07, 6.45) is 7.44. The molecule has 4 aromatic heterocycles. The van der Waals surface area contributed by atoms with Gasteiger partial charge in [0.2, 0.25) is 0 Å². The minimum Gasteiger partial charge on any atom is -0.444 e. The fraction of sp³-hybridized carbons (Fsp3) is 0.321. The van der Waals surface area contributed by atoms with Crippen LogP contribution in [0, 0.1) is 0 Å². The fourth-order valence-corrected chi connectivity index (χ4v) is 5.09. The van der Waals surface area contributed by atoms with Crippen LogP contribution in [0.3, 0.4) is 0 Å². The molecule has 0 saturated carbocycles. The monoisotopic (exact) mass is 511 g/mol. The first kappa shape index (κ1) is 23.9. The van der Waals surface area contributed by atoms with Crippen LogP contribution in [0.4, 0.5) is 4.79 Å². The number of rotatable bonds is 3. The number of benzene rings is 1. The SMILES string of the molecule is Cn1c(=O)n([C@H]2CCN(C(=O)OC(C)(C)C)C2)c2c3cc(-c4ccc(-n5cccn5)nc4)ccc3ncc21. The molecule has 10 heteroatoms. The van der Waals surface area contributed by atoms with E-state index in [1.165, 1.54) is 0 Å². The first-order valence-corrected chi connectivity index (χ1v) is 12.6. The minimum atomic E-state index is -0.574. The predicted molar refractivity (Wildman–Crippen MR) is 144 cm³/mol. The smallest absolute Gasteiger partial charge is 0.410 e. The van der Waals surface area contributed by atoms with Crippen LogP contribution >= 0.6 is 0 Å². The molecule has 5 aromatic rings. The van der Waals surface area contributed by atoms with Gasteiger partial charge in [-0.2, -0.15) is 5.10 Å². The van der Waals surface area contributed by atoms with Crippen molar-refractivity contribution in [3.05, 3.63) is 71.7 Å². The number of hydrogen-bond donors (Lipinski definition) is 0. The summed E-state index contributed by atoms with van der Waals surface area (Å²) in [5.41, 5.74) is 3.58. The van der Waals surface area contributed by atoms with Crippen molar-refractivity contribution in [2.45, 2.75) is 38.8 Å². The second kappa shape index (κ2) is 8.83. The van der Waals surface area contributed by atoms with Gasteiger partial charge in [0.15, 0.2) is 5.82 Å². The van der Waals surface area contributed by atoms with Gasteiger partial charge < -0.3 is 9.64 Å². The maximum atomic E-state index is 13.5. The Labute approximate surface area is 219 Å². The second-order valence-electron chi connectivity index (χ2n) is 10.7. The molecular formula is C28H29N7O3. The van der Waals surface area contributed by atoms with E-state index in [-0.39, 0.29) is 17.8 Å². The molecule has 10 nitrogen and oxygen atoms in total. The van der Waals surface area contributed by atoms with Crippen LogP contribution < -0.4 is 5.69 Å². The Morgan fingerprint density at radius 1 is 1.08 bits per heavy atom. The highest BCUT2D eigenvalue weighted by Crippen LogP contribution is 2.32. The first-order valence-electron chi connectivity index (χ1n) is 12.6. The number of ether oxygens (including phenoxy) is 1. The van der Waals surface area contributed by atoms with E-state index < -0.39 is 5.60 Å². The minimum absolute atomic E-state index is 0.124. The fourth-order valence-electron chi connectivity index (χ4n) is 5.09. The molecule has 1 saturated heterocycles. The average molecular weight is 512 g/mol. The molecule has 6 rings (SSSR count). The van der Waals surface area contributed by atoms with Crippen LogP contribution in [0.25, 0.3) is 38.9 Å². The number of hydrogen-bond acceptors (Lipinski definition) is 6. The molecule has 0 bridgehead atoms. The lowest BCUT2D eigenvalue weighted by atomic mass is 10.0. The molecule has 0 aliphatic carbocycles. The van der Waals surface area contributed by atoms with Gasteiger partial charge in [0.05, 0.1) is 28.8 Å². The maximum Gasteiger partial charge on any atom is 0.410 e. The van der Waals surface area contributed by atoms with Crippen molar-refractivity contribution in [1.29, 1.82) is 0 Å². The van der Waals surface area contributed by atoms with Gasteiger partial charge in [0.1, 0.15) is 5.60 Å². The van der Waals surface area contributed by atoms with Crippen molar-refractivity contribution in [2.75, 3.05) is 13.1 Å². The van der Waals surface area contributed by atoms with Crippen LogP contribution in [0.2, 0.25) is 0 Å². The zero-order valence-corrected chi connectivity index (χ0v) is 21.8. The van der Waals surface area contributed by atoms with Crippen molar-refractivity contribution in [3.8, 4) is 16.9 Å². The molecule has 0 unspecified atom stereocenters. The quantitative estimate of drug-likeness (QED) is 0.358. The number of nitrogens with zero attached hydrogens (tertiary/aromatic N) is 7. The van der Waals surface area contributed by atoms with Crippen LogP contribution in [-0.4, -0.2) is 58.6 Å². The van der Waals surface area contributed by atoms with E-state index in [1.807, 2.05) is 68.1 Å². The number of aromatic nitrogens is 6. The van der Waals surface area contributed by atoms with Gasteiger partial charge in [-0.25, -0.2) is 19.3 Å². The number of imidazole rings is 1. The number of likely N-dealkylation sites (tertiary alicyclic amines) is 1. The van der Waals surface area contributed by atoms with Gasteiger partial charge in [-0.1, -0.05) is 6.07 Å². The largest absolute Gasteiger partial charge is 0.444 e. The summed E-state index contributed by atoms with van der Waals surface area (Å²) in [6, 6.07) is 11.7. The topological polar surface area (TPSA) is 100 Å². The summed E-state index contributed by atoms with van der Waals surface area (Å²) < 4.78 is 10.7. The summed E-state index contributed by atoms with van der Waals surface area (Å²) in [5, 5.41) is 5.11. The van der Waals surface area contributed by atoms with Gasteiger partial charge in [-0.05, 0) is 63.1 Å². The van der Waals surface area contributed by atoms with Gasteiger partial charge >= 0.3 is 11.8 Å². The molecule has 1 aliphatic rings. The number of fused-ring (bicyclic) bond motifs is 3. The summed E-state index contributed by atoms with van der Waals surface area (Å²) in [5.74, 6) is 0.733. The molecule has 1 fully saturated rings. The van der Waals surface area contributed by atoms with Crippen molar-refractivity contribution in [3.63, 3.8) is 0 Å². The number of pyridine rings is 2. The zero-order valence-electron chi connectivity index (χ0n) is 21.8. The molecular weight excluding hydrogens is 482 g/mol. The lowest BCUT2D eigenvalue weighted by Crippen LogP contribution is -2.36. The van der Waals surface area contributed by atoms with Gasteiger partial charge in [-0.3, -0.25) is 14.1 Å². The average Bonchev–Trinajstić information content (AvgIpc) is 3.64. The third kappa shape index (κ3) is 4.11. The molecule has 1 aromatic carbocycles. The summed E-state index contributed by atoms with van der Waals surface area (Å²) in [4.78, 5) is 37.0. The van der Waals surface area contributed by atoms with Crippen LogP contribution in [0.5, 0.6) is 0 Å². The maximum absolute atomic E-state index is 13.5. The molecule has 38 heavy (non-hydrogen) atoms. The second-order valence-corrected chi connectivity index (χ2v) is 10.7. The van der Waals surface area contributed by atoms with E-state index >= 15 is 0 Å². The van der Waals surface area contributed by atoms with Crippen LogP contribution in [0.1, 0.15) is 33.2 Å². The van der Waals surface area contributed by atoms with Crippen molar-refractivity contribution in [2.24, 2.45) is 7.05 Å². The lowest BCUT2D eigenvalue weighted by molar-refractivity contribution is 0.0289. The number of carbonyl (C=O) groups excluding carboxylic acids is 1. The van der Waals surface area contributed by atoms with Crippen LogP contribution in [0.15, 0.2) is 66.0 Å². The number of aryl methyl sites for hydroxylation is 1. The third-order valence-electron chi connectivity index (χ3n) is 6.92. The molecule has 5 heterocycles. The van der Waals surface area contributed by atoms with E-state index in [0.717, 1.165) is 38.9 Å². The summed E-state index contributed by atoms with van der Waals surface area (Å²) >= 11 is 0. The molecule has 0 N–H and O–H groups in total. The van der Waals surface area contributed by atoms with Gasteiger partial charge in [0, 0.05) is 49.7 Å². The third-order valence-corrected chi connectivity index (χ3v) is 6.92. The molecule has 1 atom stereocenters. The Balaban J connectivity index is 1.41. The molecule has 1 amide bonds. The lowest BCUT2D eigenvalue weighted by Gasteiger charge is -2.24. The predicted octanol–water partition coefficient (Wildman–Crippen LogP) is 4.32. The summed E-state index contributed by atoms with van der Waals surface area (Å²) in [6.45, 7) is 6.50. The van der Waals surface area contributed by atoms with Crippen molar-refractivity contribution >= 4 is 28.0 Å². The van der Waals surface area contributed by atoms with Gasteiger partial charge in [0.25, 0.3) is 0 Å². The number of amides is 1. The highest BCUT2D eigenvalue weighted by atomic mass is 16.6. The first-order chi connectivity index (χ1) is 18.2. The van der Waals surface area contributed by atoms with Crippen molar-refractivity contribution in [1.82, 2.24) is 33.8 Å². The highest BCUT2D eigenvalue weighted by molar-refractivity contribution is 6.04. The Morgan fingerprint density at radius 3 is 2.61 bits per heavy atom. The van der Waals surface area contributed by atoms with E-state index in [0.29, 0.717) is 19.5 Å². The van der Waals surface area contributed by atoms with E-state index in [4.69, 9.17) is 4.74 Å². The molecule has 0 spiro atoms. The van der Waals surface area contributed by atoms with Crippen molar-refractivity contribution < 1.29 is 9.53 Å². The summed E-state index contributed by atoms with van der Waals surface area (Å²) in [7, 11) is 1.76. The molecule has 1 aliphatic heterocycles. The Kier molecular flexibility index (Phi) is 5.55. The molecule has 194 valence electrons. The van der Waals surface area contributed by atoms with E-state index in [9.17, 15) is 9.59 Å².